The Kier molecular flexibility index (Phi) is 4.37. The highest BCUT2D eigenvalue weighted by Crippen LogP contribution is 2.18. The lowest BCUT2D eigenvalue weighted by Crippen LogP contribution is -2.36. The number of likely N-dealkylation sites (N-methyl/N-ethyl adjacent to an activating group) is 2. The Morgan fingerprint density at radius 3 is 2.89 bits per heavy atom. The molecule has 2 N–H and O–H groups in total. The Hall–Kier alpha value is -1.62. The van der Waals surface area contributed by atoms with E-state index in [9.17, 15) is 9.59 Å². The number of nitrogens with one attached hydrogen (secondary N) is 2. The minimum atomic E-state index is -0.262. The van der Waals surface area contributed by atoms with Crippen LogP contribution in [0.25, 0.3) is 0 Å². The molecule has 0 aliphatic heterocycles. The van der Waals surface area contributed by atoms with Gasteiger partial charge in [-0.1, -0.05) is 0 Å². The number of H-pyrrole nitrogens is 1. The number of carbonyl (C=O) groups excluding carboxylic acids is 1. The molecule has 104 valence electrons. The molecule has 2 rings (SSSR count). The first-order valence-electron chi connectivity index (χ1n) is 6.78. The van der Waals surface area contributed by atoms with Crippen LogP contribution in [0.15, 0.2) is 10.9 Å². The molecule has 0 atom stereocenters. The standard InChI is InChI=1S/C14H21N3O2/c1-15-7-8-17(2)14(19)11-9-10-5-3-4-6-12(10)16-13(11)18/h9,15H,3-8H2,1-2H3,(H,16,18). The molecule has 0 radical (unpaired) electrons. The zero-order valence-corrected chi connectivity index (χ0v) is 11.6. The molecule has 1 heterocycles. The predicted octanol–water partition coefficient (Wildman–Crippen LogP) is 0.545. The van der Waals surface area contributed by atoms with Crippen LogP contribution in [-0.4, -0.2) is 43.0 Å². The van der Waals surface area contributed by atoms with E-state index >= 15 is 0 Å². The number of hydrogen-bond donors (Lipinski definition) is 2. The maximum absolute atomic E-state index is 12.2. The van der Waals surface area contributed by atoms with Crippen LogP contribution in [0, 0.1) is 0 Å². The van der Waals surface area contributed by atoms with E-state index in [0.29, 0.717) is 13.1 Å². The SMILES string of the molecule is CNCCN(C)C(=O)c1cc2c([nH]c1=O)CCCC2. The van der Waals surface area contributed by atoms with Gasteiger partial charge in [0.1, 0.15) is 5.56 Å². The molecule has 1 aromatic heterocycles. The monoisotopic (exact) mass is 263 g/mol. The third-order valence-electron chi connectivity index (χ3n) is 3.61. The first-order valence-corrected chi connectivity index (χ1v) is 6.78. The highest BCUT2D eigenvalue weighted by atomic mass is 16.2. The lowest BCUT2D eigenvalue weighted by atomic mass is 9.95. The van der Waals surface area contributed by atoms with Crippen LogP contribution in [0.4, 0.5) is 0 Å². The normalized spacial score (nSPS) is 14.0. The fraction of sp³-hybridized carbons (Fsp3) is 0.571. The second-order valence-corrected chi connectivity index (χ2v) is 5.05. The molecule has 1 aromatic rings. The van der Waals surface area contributed by atoms with Gasteiger partial charge in [-0.3, -0.25) is 9.59 Å². The highest BCUT2D eigenvalue weighted by Gasteiger charge is 2.19. The van der Waals surface area contributed by atoms with Gasteiger partial charge in [0.05, 0.1) is 0 Å². The molecule has 0 unspecified atom stereocenters. The van der Waals surface area contributed by atoms with E-state index in [0.717, 1.165) is 36.9 Å². The van der Waals surface area contributed by atoms with E-state index in [-0.39, 0.29) is 17.0 Å². The Morgan fingerprint density at radius 2 is 2.16 bits per heavy atom. The number of aryl methyl sites for hydroxylation is 2. The molecule has 1 amide bonds. The third-order valence-corrected chi connectivity index (χ3v) is 3.61. The Balaban J connectivity index is 2.24. The summed E-state index contributed by atoms with van der Waals surface area (Å²) in [7, 11) is 3.56. The topological polar surface area (TPSA) is 65.2 Å². The molecular weight excluding hydrogens is 242 g/mol. The number of fused-ring (bicyclic) bond motifs is 1. The summed E-state index contributed by atoms with van der Waals surface area (Å²) in [4.78, 5) is 28.7. The number of aromatic nitrogens is 1. The molecule has 1 aliphatic carbocycles. The number of carbonyl (C=O) groups is 1. The molecule has 0 spiro atoms. The number of rotatable bonds is 4. The second-order valence-electron chi connectivity index (χ2n) is 5.05. The van der Waals surface area contributed by atoms with Crippen molar-refractivity contribution in [2.75, 3.05) is 27.2 Å². The number of aromatic amines is 1. The summed E-state index contributed by atoms with van der Waals surface area (Å²) < 4.78 is 0. The predicted molar refractivity (Wildman–Crippen MR) is 74.6 cm³/mol. The van der Waals surface area contributed by atoms with Gasteiger partial charge in [0, 0.05) is 25.8 Å². The number of pyridine rings is 1. The summed E-state index contributed by atoms with van der Waals surface area (Å²) in [6, 6.07) is 1.78. The van der Waals surface area contributed by atoms with Gasteiger partial charge in [0.15, 0.2) is 0 Å². The van der Waals surface area contributed by atoms with Crippen molar-refractivity contribution in [1.82, 2.24) is 15.2 Å². The van der Waals surface area contributed by atoms with E-state index < -0.39 is 0 Å². The molecule has 5 nitrogen and oxygen atoms in total. The molecule has 0 fully saturated rings. The third kappa shape index (κ3) is 3.04. The quantitative estimate of drug-likeness (QED) is 0.833. The van der Waals surface area contributed by atoms with Crippen LogP contribution < -0.4 is 10.9 Å². The van der Waals surface area contributed by atoms with Gasteiger partial charge < -0.3 is 15.2 Å². The van der Waals surface area contributed by atoms with Crippen molar-refractivity contribution in [3.8, 4) is 0 Å². The largest absolute Gasteiger partial charge is 0.340 e. The molecular formula is C14H21N3O2. The van der Waals surface area contributed by atoms with Crippen molar-refractivity contribution < 1.29 is 4.79 Å². The zero-order valence-electron chi connectivity index (χ0n) is 11.6. The van der Waals surface area contributed by atoms with Crippen molar-refractivity contribution in [2.45, 2.75) is 25.7 Å². The molecule has 0 aromatic carbocycles. The maximum atomic E-state index is 12.2. The average Bonchev–Trinajstić information content (AvgIpc) is 2.43. The number of amides is 1. The van der Waals surface area contributed by atoms with Gasteiger partial charge in [-0.25, -0.2) is 0 Å². The van der Waals surface area contributed by atoms with E-state index in [1.807, 2.05) is 7.05 Å². The van der Waals surface area contributed by atoms with Crippen LogP contribution >= 0.6 is 0 Å². The summed E-state index contributed by atoms with van der Waals surface area (Å²) in [5.74, 6) is -0.204. The van der Waals surface area contributed by atoms with Gasteiger partial charge in [-0.15, -0.1) is 0 Å². The lowest BCUT2D eigenvalue weighted by molar-refractivity contribution is 0.0795. The van der Waals surface area contributed by atoms with E-state index in [1.165, 1.54) is 0 Å². The number of hydrogen-bond acceptors (Lipinski definition) is 3. The zero-order chi connectivity index (χ0) is 13.8. The van der Waals surface area contributed by atoms with Crippen molar-refractivity contribution in [2.24, 2.45) is 0 Å². The van der Waals surface area contributed by atoms with E-state index in [4.69, 9.17) is 0 Å². The van der Waals surface area contributed by atoms with Crippen LogP contribution in [0.5, 0.6) is 0 Å². The number of nitrogens with zero attached hydrogens (tertiary/aromatic N) is 1. The van der Waals surface area contributed by atoms with Gasteiger partial charge in [-0.05, 0) is 44.4 Å². The fourth-order valence-electron chi connectivity index (χ4n) is 2.42. The van der Waals surface area contributed by atoms with Crippen LogP contribution in [-0.2, 0) is 12.8 Å². The Bertz CT molecular complexity index is 522. The van der Waals surface area contributed by atoms with E-state index in [1.54, 1.807) is 18.0 Å². The van der Waals surface area contributed by atoms with Crippen LogP contribution in [0.3, 0.4) is 0 Å². The summed E-state index contributed by atoms with van der Waals surface area (Å²) in [5, 5.41) is 2.99. The lowest BCUT2D eigenvalue weighted by Gasteiger charge is -2.19. The molecule has 0 saturated heterocycles. The molecule has 5 heteroatoms. The molecule has 19 heavy (non-hydrogen) atoms. The van der Waals surface area contributed by atoms with Gasteiger partial charge in [0.2, 0.25) is 0 Å². The minimum absolute atomic E-state index is 0.204. The van der Waals surface area contributed by atoms with Gasteiger partial charge in [0.25, 0.3) is 11.5 Å². The molecule has 1 aliphatic rings. The summed E-state index contributed by atoms with van der Waals surface area (Å²) in [6.45, 7) is 1.30. The van der Waals surface area contributed by atoms with Crippen molar-refractivity contribution >= 4 is 5.91 Å². The van der Waals surface area contributed by atoms with Crippen molar-refractivity contribution in [3.63, 3.8) is 0 Å². The van der Waals surface area contributed by atoms with Crippen molar-refractivity contribution in [3.05, 3.63) is 33.2 Å². The summed E-state index contributed by atoms with van der Waals surface area (Å²) >= 11 is 0. The van der Waals surface area contributed by atoms with Gasteiger partial charge in [-0.2, -0.15) is 0 Å². The fourth-order valence-corrected chi connectivity index (χ4v) is 2.42. The summed E-state index contributed by atoms with van der Waals surface area (Å²) in [6.07, 6.45) is 4.10. The highest BCUT2D eigenvalue weighted by molar-refractivity contribution is 5.93. The Morgan fingerprint density at radius 1 is 1.42 bits per heavy atom. The smallest absolute Gasteiger partial charge is 0.261 e. The maximum Gasteiger partial charge on any atom is 0.261 e. The first-order chi connectivity index (χ1) is 9.13. The van der Waals surface area contributed by atoms with Gasteiger partial charge >= 0.3 is 0 Å². The second kappa shape index (κ2) is 6.02. The molecule has 0 saturated carbocycles. The molecule has 0 bridgehead atoms. The Labute approximate surface area is 113 Å². The van der Waals surface area contributed by atoms with Crippen molar-refractivity contribution in [1.29, 1.82) is 0 Å². The van der Waals surface area contributed by atoms with E-state index in [2.05, 4.69) is 10.3 Å². The average molecular weight is 263 g/mol. The first kappa shape index (κ1) is 13.8. The summed E-state index contributed by atoms with van der Waals surface area (Å²) in [5.41, 5.74) is 2.13. The minimum Gasteiger partial charge on any atom is -0.340 e. The van der Waals surface area contributed by atoms with Crippen LogP contribution in [0.2, 0.25) is 0 Å². The van der Waals surface area contributed by atoms with Crippen LogP contribution in [0.1, 0.15) is 34.5 Å².